The zero-order valence-electron chi connectivity index (χ0n) is 9.16. The summed E-state index contributed by atoms with van der Waals surface area (Å²) in [5.41, 5.74) is 0.738. The Morgan fingerprint density at radius 3 is 2.87 bits per heavy atom. The van der Waals surface area contributed by atoms with Gasteiger partial charge in [0.25, 0.3) is 0 Å². The summed E-state index contributed by atoms with van der Waals surface area (Å²) in [7, 11) is 0. The van der Waals surface area contributed by atoms with Crippen molar-refractivity contribution in [1.82, 2.24) is 0 Å². The molecule has 0 heterocycles. The molecule has 0 bridgehead atoms. The van der Waals surface area contributed by atoms with Crippen LogP contribution in [0, 0.1) is 0 Å². The third kappa shape index (κ3) is 3.96. The Labute approximate surface area is 95.0 Å². The van der Waals surface area contributed by atoms with Gasteiger partial charge in [0.05, 0.1) is 12.4 Å². The monoisotopic (exact) mass is 224 g/mol. The van der Waals surface area contributed by atoms with Crippen molar-refractivity contribution in [1.29, 1.82) is 0 Å². The molecule has 0 amide bonds. The first-order valence-corrected chi connectivity index (χ1v) is 6.27. The minimum atomic E-state index is 0.170. The molecule has 0 aliphatic carbocycles. The molecular formula is C12H16O2S. The topological polar surface area (TPSA) is 26.3 Å². The molecule has 0 aliphatic heterocycles. The Morgan fingerprint density at radius 2 is 2.20 bits per heavy atom. The lowest BCUT2D eigenvalue weighted by molar-refractivity contribution is 0.102. The van der Waals surface area contributed by atoms with E-state index in [-0.39, 0.29) is 5.78 Å². The molecule has 0 radical (unpaired) electrons. The summed E-state index contributed by atoms with van der Waals surface area (Å²) < 4.78 is 5.34. The number of ether oxygens (including phenoxy) is 1. The van der Waals surface area contributed by atoms with Gasteiger partial charge in [0, 0.05) is 5.56 Å². The first-order chi connectivity index (χ1) is 7.27. The second-order valence-corrected chi connectivity index (χ2v) is 4.30. The van der Waals surface area contributed by atoms with E-state index in [4.69, 9.17) is 4.74 Å². The van der Waals surface area contributed by atoms with Gasteiger partial charge in [-0.2, -0.15) is 11.8 Å². The molecule has 0 saturated carbocycles. The average Bonchev–Trinajstić information content (AvgIpc) is 2.27. The van der Waals surface area contributed by atoms with Gasteiger partial charge in [-0.3, -0.25) is 4.79 Å². The molecule has 0 spiro atoms. The number of carbonyl (C=O) groups excluding carboxylic acids is 1. The summed E-state index contributed by atoms with van der Waals surface area (Å²) in [6.45, 7) is 4.61. The summed E-state index contributed by atoms with van der Waals surface area (Å²) in [4.78, 5) is 11.7. The standard InChI is InChI=1S/C12H16O2S/c1-3-14-11-7-5-6-10(8-11)12(13)9-15-4-2/h5-8H,3-4,9H2,1-2H3. The van der Waals surface area contributed by atoms with E-state index < -0.39 is 0 Å². The third-order valence-corrected chi connectivity index (χ3v) is 2.78. The van der Waals surface area contributed by atoms with Crippen LogP contribution in [0.4, 0.5) is 0 Å². The molecule has 82 valence electrons. The molecule has 0 saturated heterocycles. The van der Waals surface area contributed by atoms with Gasteiger partial charge < -0.3 is 4.74 Å². The van der Waals surface area contributed by atoms with E-state index in [2.05, 4.69) is 6.92 Å². The molecule has 1 aromatic rings. The quantitative estimate of drug-likeness (QED) is 0.695. The van der Waals surface area contributed by atoms with Gasteiger partial charge >= 0.3 is 0 Å². The minimum absolute atomic E-state index is 0.170. The van der Waals surface area contributed by atoms with Crippen LogP contribution in [0.2, 0.25) is 0 Å². The number of carbonyl (C=O) groups is 1. The molecule has 0 aromatic heterocycles. The predicted molar refractivity (Wildman–Crippen MR) is 64.9 cm³/mol. The third-order valence-electron chi connectivity index (χ3n) is 1.90. The Bertz CT molecular complexity index is 323. The van der Waals surface area contributed by atoms with Crippen LogP contribution in [-0.2, 0) is 0 Å². The van der Waals surface area contributed by atoms with Crippen molar-refractivity contribution < 1.29 is 9.53 Å². The van der Waals surface area contributed by atoms with Crippen LogP contribution in [0.25, 0.3) is 0 Å². The molecular weight excluding hydrogens is 208 g/mol. The van der Waals surface area contributed by atoms with E-state index in [1.54, 1.807) is 11.8 Å². The van der Waals surface area contributed by atoms with Gasteiger partial charge in [-0.05, 0) is 24.8 Å². The number of benzene rings is 1. The highest BCUT2D eigenvalue weighted by molar-refractivity contribution is 7.99. The number of Topliss-reactive ketones (excluding diaryl/α,β-unsaturated/α-hetero) is 1. The van der Waals surface area contributed by atoms with Crippen molar-refractivity contribution in [3.05, 3.63) is 29.8 Å². The SMILES string of the molecule is CCOc1cccc(C(=O)CSCC)c1. The zero-order valence-corrected chi connectivity index (χ0v) is 9.97. The second-order valence-electron chi connectivity index (χ2n) is 3.02. The van der Waals surface area contributed by atoms with Crippen LogP contribution >= 0.6 is 11.8 Å². The van der Waals surface area contributed by atoms with Crippen LogP contribution < -0.4 is 4.74 Å². The van der Waals surface area contributed by atoms with E-state index >= 15 is 0 Å². The van der Waals surface area contributed by atoms with Crippen molar-refractivity contribution in [2.24, 2.45) is 0 Å². The maximum absolute atomic E-state index is 11.7. The largest absolute Gasteiger partial charge is 0.494 e. The molecule has 3 heteroatoms. The smallest absolute Gasteiger partial charge is 0.172 e. The Balaban J connectivity index is 2.67. The zero-order chi connectivity index (χ0) is 11.1. The van der Waals surface area contributed by atoms with E-state index in [1.165, 1.54) is 0 Å². The first kappa shape index (κ1) is 12.1. The molecule has 0 N–H and O–H groups in total. The van der Waals surface area contributed by atoms with E-state index in [9.17, 15) is 4.79 Å². The Kier molecular flexibility index (Phi) is 5.26. The molecule has 1 rings (SSSR count). The lowest BCUT2D eigenvalue weighted by atomic mass is 10.1. The molecule has 0 atom stereocenters. The van der Waals surface area contributed by atoms with Gasteiger partial charge in [0.15, 0.2) is 5.78 Å². The molecule has 2 nitrogen and oxygen atoms in total. The van der Waals surface area contributed by atoms with Gasteiger partial charge in [0.2, 0.25) is 0 Å². The van der Waals surface area contributed by atoms with E-state index in [0.717, 1.165) is 17.1 Å². The summed E-state index contributed by atoms with van der Waals surface area (Å²) in [6.07, 6.45) is 0. The van der Waals surface area contributed by atoms with Crippen molar-refractivity contribution >= 4 is 17.5 Å². The predicted octanol–water partition coefficient (Wildman–Crippen LogP) is 3.02. The number of hydrogen-bond donors (Lipinski definition) is 0. The van der Waals surface area contributed by atoms with Crippen LogP contribution in [-0.4, -0.2) is 23.9 Å². The fraction of sp³-hybridized carbons (Fsp3) is 0.417. The van der Waals surface area contributed by atoms with E-state index in [0.29, 0.717) is 12.4 Å². The van der Waals surface area contributed by atoms with Gasteiger partial charge in [0.1, 0.15) is 5.75 Å². The van der Waals surface area contributed by atoms with Gasteiger partial charge in [-0.1, -0.05) is 19.1 Å². The first-order valence-electron chi connectivity index (χ1n) is 5.11. The Hall–Kier alpha value is -0.960. The van der Waals surface area contributed by atoms with E-state index in [1.807, 2.05) is 31.2 Å². The molecule has 0 aliphatic rings. The number of thioether (sulfide) groups is 1. The highest BCUT2D eigenvalue weighted by atomic mass is 32.2. The highest BCUT2D eigenvalue weighted by Gasteiger charge is 2.06. The average molecular weight is 224 g/mol. The van der Waals surface area contributed by atoms with Crippen LogP contribution in [0.5, 0.6) is 5.75 Å². The molecule has 0 unspecified atom stereocenters. The molecule has 1 aromatic carbocycles. The van der Waals surface area contributed by atoms with Crippen LogP contribution in [0.1, 0.15) is 24.2 Å². The maximum Gasteiger partial charge on any atom is 0.172 e. The molecule has 15 heavy (non-hydrogen) atoms. The van der Waals surface area contributed by atoms with Gasteiger partial charge in [-0.25, -0.2) is 0 Å². The summed E-state index contributed by atoms with van der Waals surface area (Å²) in [5, 5.41) is 0. The maximum atomic E-state index is 11.7. The van der Waals surface area contributed by atoms with Crippen molar-refractivity contribution in [2.75, 3.05) is 18.1 Å². The lowest BCUT2D eigenvalue weighted by Crippen LogP contribution is -2.03. The second kappa shape index (κ2) is 6.51. The summed E-state index contributed by atoms with van der Waals surface area (Å²) in [6, 6.07) is 7.37. The fourth-order valence-electron chi connectivity index (χ4n) is 1.20. The van der Waals surface area contributed by atoms with Crippen molar-refractivity contribution in [3.63, 3.8) is 0 Å². The van der Waals surface area contributed by atoms with Crippen LogP contribution in [0.3, 0.4) is 0 Å². The molecule has 0 fully saturated rings. The van der Waals surface area contributed by atoms with Crippen molar-refractivity contribution in [3.8, 4) is 5.75 Å². The fourth-order valence-corrected chi connectivity index (χ4v) is 1.76. The lowest BCUT2D eigenvalue weighted by Gasteiger charge is -2.04. The van der Waals surface area contributed by atoms with Crippen molar-refractivity contribution in [2.45, 2.75) is 13.8 Å². The number of hydrogen-bond acceptors (Lipinski definition) is 3. The van der Waals surface area contributed by atoms with Crippen LogP contribution in [0.15, 0.2) is 24.3 Å². The summed E-state index contributed by atoms with van der Waals surface area (Å²) in [5.74, 6) is 2.46. The minimum Gasteiger partial charge on any atom is -0.494 e. The normalized spacial score (nSPS) is 10.0. The highest BCUT2D eigenvalue weighted by Crippen LogP contribution is 2.15. The summed E-state index contributed by atoms with van der Waals surface area (Å²) >= 11 is 1.64. The van der Waals surface area contributed by atoms with Gasteiger partial charge in [-0.15, -0.1) is 0 Å². The number of rotatable bonds is 6. The number of ketones is 1. The Morgan fingerprint density at radius 1 is 1.40 bits per heavy atom.